The number of hydrogen-bond acceptors (Lipinski definition) is 4. The SMILES string of the molecule is COc1cc(C(=O)N2CCN(CC(=O)Nc3cccc(Cl)c3)CC2)ccc1C. The number of aryl methyl sites for hydroxylation is 1. The second kappa shape index (κ2) is 9.08. The quantitative estimate of drug-likeness (QED) is 0.836. The van der Waals surface area contributed by atoms with Gasteiger partial charge in [-0.2, -0.15) is 0 Å². The summed E-state index contributed by atoms with van der Waals surface area (Å²) in [6.07, 6.45) is 0. The van der Waals surface area contributed by atoms with Gasteiger partial charge in [0.2, 0.25) is 5.91 Å². The molecule has 0 saturated carbocycles. The number of ether oxygens (including phenoxy) is 1. The van der Waals surface area contributed by atoms with E-state index in [1.54, 1.807) is 37.4 Å². The third kappa shape index (κ3) is 5.03. The summed E-state index contributed by atoms with van der Waals surface area (Å²) in [7, 11) is 1.60. The van der Waals surface area contributed by atoms with E-state index < -0.39 is 0 Å². The molecule has 1 N–H and O–H groups in total. The van der Waals surface area contributed by atoms with Crippen LogP contribution in [0.25, 0.3) is 0 Å². The van der Waals surface area contributed by atoms with Crippen molar-refractivity contribution < 1.29 is 14.3 Å². The minimum absolute atomic E-state index is 0.0127. The Kier molecular flexibility index (Phi) is 6.54. The summed E-state index contributed by atoms with van der Waals surface area (Å²) in [6.45, 7) is 4.70. The van der Waals surface area contributed by atoms with E-state index in [2.05, 4.69) is 5.32 Å². The van der Waals surface area contributed by atoms with E-state index in [0.29, 0.717) is 48.2 Å². The van der Waals surface area contributed by atoms with Gasteiger partial charge in [-0.25, -0.2) is 0 Å². The van der Waals surface area contributed by atoms with Crippen LogP contribution >= 0.6 is 11.6 Å². The van der Waals surface area contributed by atoms with Crippen LogP contribution < -0.4 is 10.1 Å². The van der Waals surface area contributed by atoms with Crippen molar-refractivity contribution in [2.75, 3.05) is 45.2 Å². The van der Waals surface area contributed by atoms with E-state index in [1.165, 1.54) is 0 Å². The fraction of sp³-hybridized carbons (Fsp3) is 0.333. The molecule has 1 aliphatic heterocycles. The first kappa shape index (κ1) is 20.2. The number of nitrogens with zero attached hydrogens (tertiary/aromatic N) is 2. The second-order valence-corrected chi connectivity index (χ2v) is 7.25. The maximum Gasteiger partial charge on any atom is 0.254 e. The Morgan fingerprint density at radius 3 is 2.54 bits per heavy atom. The number of carbonyl (C=O) groups is 2. The molecule has 1 heterocycles. The van der Waals surface area contributed by atoms with Crippen LogP contribution in [0.2, 0.25) is 5.02 Å². The lowest BCUT2D eigenvalue weighted by Gasteiger charge is -2.34. The van der Waals surface area contributed by atoms with Gasteiger partial charge in [0.1, 0.15) is 5.75 Å². The number of anilines is 1. The highest BCUT2D eigenvalue weighted by Gasteiger charge is 2.23. The molecule has 0 bridgehead atoms. The van der Waals surface area contributed by atoms with Crippen molar-refractivity contribution in [3.05, 3.63) is 58.6 Å². The molecule has 0 unspecified atom stereocenters. The number of halogens is 1. The minimum Gasteiger partial charge on any atom is -0.496 e. The molecule has 0 aliphatic carbocycles. The fourth-order valence-electron chi connectivity index (χ4n) is 3.21. The fourth-order valence-corrected chi connectivity index (χ4v) is 3.40. The van der Waals surface area contributed by atoms with Crippen molar-refractivity contribution >= 4 is 29.1 Å². The van der Waals surface area contributed by atoms with Gasteiger partial charge in [-0.1, -0.05) is 23.7 Å². The number of rotatable bonds is 5. The third-order valence-corrected chi connectivity index (χ3v) is 5.03. The number of hydrogen-bond donors (Lipinski definition) is 1. The highest BCUT2D eigenvalue weighted by Crippen LogP contribution is 2.20. The maximum atomic E-state index is 12.7. The van der Waals surface area contributed by atoms with Crippen molar-refractivity contribution in [1.82, 2.24) is 9.80 Å². The average molecular weight is 402 g/mol. The van der Waals surface area contributed by atoms with Crippen molar-refractivity contribution in [1.29, 1.82) is 0 Å². The van der Waals surface area contributed by atoms with Crippen LogP contribution in [-0.4, -0.2) is 61.4 Å². The molecule has 6 nitrogen and oxygen atoms in total. The molecule has 0 radical (unpaired) electrons. The van der Waals surface area contributed by atoms with E-state index in [0.717, 1.165) is 5.56 Å². The first-order valence-corrected chi connectivity index (χ1v) is 9.56. The number of methoxy groups -OCH3 is 1. The molecule has 2 aromatic rings. The highest BCUT2D eigenvalue weighted by atomic mass is 35.5. The average Bonchev–Trinajstić information content (AvgIpc) is 2.68. The van der Waals surface area contributed by atoms with Gasteiger partial charge < -0.3 is 15.0 Å². The van der Waals surface area contributed by atoms with E-state index in [4.69, 9.17) is 16.3 Å². The normalized spacial score (nSPS) is 14.6. The van der Waals surface area contributed by atoms with Crippen LogP contribution in [0.3, 0.4) is 0 Å². The van der Waals surface area contributed by atoms with Gasteiger partial charge in [0.25, 0.3) is 5.91 Å². The van der Waals surface area contributed by atoms with Gasteiger partial charge in [0.05, 0.1) is 13.7 Å². The molecule has 0 spiro atoms. The summed E-state index contributed by atoms with van der Waals surface area (Å²) >= 11 is 5.94. The van der Waals surface area contributed by atoms with E-state index >= 15 is 0 Å². The summed E-state index contributed by atoms with van der Waals surface area (Å²) in [6, 6.07) is 12.6. The van der Waals surface area contributed by atoms with Crippen molar-refractivity contribution in [2.24, 2.45) is 0 Å². The van der Waals surface area contributed by atoms with Crippen LogP contribution in [0.4, 0.5) is 5.69 Å². The number of benzene rings is 2. The number of amides is 2. The zero-order valence-electron chi connectivity index (χ0n) is 16.1. The Labute approximate surface area is 170 Å². The summed E-state index contributed by atoms with van der Waals surface area (Å²) in [4.78, 5) is 28.8. The molecule has 1 saturated heterocycles. The van der Waals surface area contributed by atoms with Crippen molar-refractivity contribution in [2.45, 2.75) is 6.92 Å². The van der Waals surface area contributed by atoms with Crippen LogP contribution in [0.5, 0.6) is 5.75 Å². The first-order valence-electron chi connectivity index (χ1n) is 9.18. The lowest BCUT2D eigenvalue weighted by atomic mass is 10.1. The Morgan fingerprint density at radius 2 is 1.86 bits per heavy atom. The molecule has 0 aromatic heterocycles. The summed E-state index contributed by atoms with van der Waals surface area (Å²) in [5, 5.41) is 3.43. The van der Waals surface area contributed by atoms with E-state index in [1.807, 2.05) is 28.9 Å². The minimum atomic E-state index is -0.0923. The van der Waals surface area contributed by atoms with Crippen LogP contribution in [0.15, 0.2) is 42.5 Å². The van der Waals surface area contributed by atoms with Crippen LogP contribution in [0, 0.1) is 6.92 Å². The zero-order valence-corrected chi connectivity index (χ0v) is 16.8. The standard InChI is InChI=1S/C21H24ClN3O3/c1-15-6-7-16(12-19(15)28-2)21(27)25-10-8-24(9-11-25)14-20(26)23-18-5-3-4-17(22)13-18/h3-7,12-13H,8-11,14H2,1-2H3,(H,23,26). The predicted molar refractivity (Wildman–Crippen MR) is 110 cm³/mol. The largest absolute Gasteiger partial charge is 0.496 e. The molecule has 3 rings (SSSR count). The topological polar surface area (TPSA) is 61.9 Å². The molecule has 2 amide bonds. The van der Waals surface area contributed by atoms with Gasteiger partial charge in [0, 0.05) is 42.5 Å². The van der Waals surface area contributed by atoms with Gasteiger partial charge >= 0.3 is 0 Å². The smallest absolute Gasteiger partial charge is 0.254 e. The molecule has 7 heteroatoms. The first-order chi connectivity index (χ1) is 13.5. The monoisotopic (exact) mass is 401 g/mol. The number of nitrogens with one attached hydrogen (secondary N) is 1. The molecule has 1 fully saturated rings. The number of carbonyl (C=O) groups excluding carboxylic acids is 2. The Bertz CT molecular complexity index is 864. The van der Waals surface area contributed by atoms with Crippen molar-refractivity contribution in [3.63, 3.8) is 0 Å². The second-order valence-electron chi connectivity index (χ2n) is 6.81. The Balaban J connectivity index is 1.51. The molecular weight excluding hydrogens is 378 g/mol. The van der Waals surface area contributed by atoms with Gasteiger partial charge in [-0.05, 0) is 42.8 Å². The molecular formula is C21H24ClN3O3. The zero-order chi connectivity index (χ0) is 20.1. The predicted octanol–water partition coefficient (Wildman–Crippen LogP) is 3.05. The summed E-state index contributed by atoms with van der Waals surface area (Å²) < 4.78 is 5.31. The highest BCUT2D eigenvalue weighted by molar-refractivity contribution is 6.30. The maximum absolute atomic E-state index is 12.7. The Morgan fingerprint density at radius 1 is 1.11 bits per heavy atom. The molecule has 1 aliphatic rings. The lowest BCUT2D eigenvalue weighted by molar-refractivity contribution is -0.117. The number of piperazine rings is 1. The van der Waals surface area contributed by atoms with Crippen molar-refractivity contribution in [3.8, 4) is 5.75 Å². The van der Waals surface area contributed by atoms with E-state index in [9.17, 15) is 9.59 Å². The third-order valence-electron chi connectivity index (χ3n) is 4.79. The molecule has 2 aromatic carbocycles. The molecule has 28 heavy (non-hydrogen) atoms. The van der Waals surface area contributed by atoms with Crippen LogP contribution in [0.1, 0.15) is 15.9 Å². The summed E-state index contributed by atoms with van der Waals surface area (Å²) in [5.41, 5.74) is 2.30. The summed E-state index contributed by atoms with van der Waals surface area (Å²) in [5.74, 6) is 0.605. The van der Waals surface area contributed by atoms with Gasteiger partial charge in [0.15, 0.2) is 0 Å². The van der Waals surface area contributed by atoms with E-state index in [-0.39, 0.29) is 18.4 Å². The van der Waals surface area contributed by atoms with Crippen LogP contribution in [-0.2, 0) is 4.79 Å². The Hall–Kier alpha value is -2.57. The molecule has 0 atom stereocenters. The molecule has 148 valence electrons. The van der Waals surface area contributed by atoms with Gasteiger partial charge in [-0.15, -0.1) is 0 Å². The lowest BCUT2D eigenvalue weighted by Crippen LogP contribution is -2.50. The van der Waals surface area contributed by atoms with Gasteiger partial charge in [-0.3, -0.25) is 14.5 Å².